The second-order valence-corrected chi connectivity index (χ2v) is 6.74. The molecule has 4 nitrogen and oxygen atoms in total. The number of nitrogens with one attached hydrogen (secondary N) is 2. The van der Waals surface area contributed by atoms with Crippen LogP contribution in [0.25, 0.3) is 10.9 Å². The van der Waals surface area contributed by atoms with Gasteiger partial charge in [-0.15, -0.1) is 11.8 Å². The lowest BCUT2D eigenvalue weighted by Crippen LogP contribution is -2.14. The Kier molecular flexibility index (Phi) is 5.65. The number of carbonyl (C=O) groups is 1. The number of aromatic nitrogens is 1. The predicted octanol–water partition coefficient (Wildman–Crippen LogP) is 5.47. The Balaban J connectivity index is 1.78. The fourth-order valence-electron chi connectivity index (χ4n) is 2.53. The van der Waals surface area contributed by atoms with Gasteiger partial charge in [-0.3, -0.25) is 4.79 Å². The third-order valence-corrected chi connectivity index (χ3v) is 4.81. The SMILES string of the molecule is CCOc1ccc2cc(C(=O)Nc3ccccc3SCC(F)(F)F)[nH]c2c1. The topological polar surface area (TPSA) is 54.1 Å². The fraction of sp³-hybridized carbons (Fsp3) is 0.211. The van der Waals surface area contributed by atoms with E-state index < -0.39 is 17.8 Å². The number of thioether (sulfide) groups is 1. The summed E-state index contributed by atoms with van der Waals surface area (Å²) in [4.78, 5) is 15.9. The van der Waals surface area contributed by atoms with E-state index in [1.807, 2.05) is 19.1 Å². The molecule has 0 fully saturated rings. The van der Waals surface area contributed by atoms with Crippen molar-refractivity contribution in [2.24, 2.45) is 0 Å². The van der Waals surface area contributed by atoms with Crippen molar-refractivity contribution in [3.05, 3.63) is 54.2 Å². The Bertz CT molecular complexity index is 954. The zero-order valence-corrected chi connectivity index (χ0v) is 15.2. The van der Waals surface area contributed by atoms with Crippen molar-refractivity contribution in [2.45, 2.75) is 18.0 Å². The maximum absolute atomic E-state index is 12.5. The summed E-state index contributed by atoms with van der Waals surface area (Å²) in [6, 6.07) is 13.5. The van der Waals surface area contributed by atoms with Gasteiger partial charge >= 0.3 is 6.18 Å². The first-order valence-corrected chi connectivity index (χ1v) is 9.20. The number of ether oxygens (including phenoxy) is 1. The van der Waals surface area contributed by atoms with Gasteiger partial charge in [0.15, 0.2) is 0 Å². The lowest BCUT2D eigenvalue weighted by Gasteiger charge is -2.11. The lowest BCUT2D eigenvalue weighted by molar-refractivity contribution is -0.105. The van der Waals surface area contributed by atoms with Crippen molar-refractivity contribution in [3.63, 3.8) is 0 Å². The average molecular weight is 394 g/mol. The van der Waals surface area contributed by atoms with E-state index in [2.05, 4.69) is 10.3 Å². The summed E-state index contributed by atoms with van der Waals surface area (Å²) >= 11 is 0.637. The summed E-state index contributed by atoms with van der Waals surface area (Å²) in [6.07, 6.45) is -4.28. The van der Waals surface area contributed by atoms with Crippen molar-refractivity contribution in [2.75, 3.05) is 17.7 Å². The van der Waals surface area contributed by atoms with E-state index in [9.17, 15) is 18.0 Å². The van der Waals surface area contributed by atoms with Crippen molar-refractivity contribution >= 4 is 34.3 Å². The first-order valence-electron chi connectivity index (χ1n) is 8.21. The second kappa shape index (κ2) is 7.96. The Morgan fingerprint density at radius 3 is 2.70 bits per heavy atom. The van der Waals surface area contributed by atoms with Crippen LogP contribution in [0.2, 0.25) is 0 Å². The molecule has 0 saturated heterocycles. The van der Waals surface area contributed by atoms with Crippen LogP contribution in [0.4, 0.5) is 18.9 Å². The minimum atomic E-state index is -4.28. The maximum Gasteiger partial charge on any atom is 0.398 e. The van der Waals surface area contributed by atoms with Crippen LogP contribution in [0.5, 0.6) is 5.75 Å². The molecule has 0 spiro atoms. The molecule has 0 radical (unpaired) electrons. The summed E-state index contributed by atoms with van der Waals surface area (Å²) < 4.78 is 42.9. The lowest BCUT2D eigenvalue weighted by atomic mass is 10.2. The molecule has 0 atom stereocenters. The highest BCUT2D eigenvalue weighted by Gasteiger charge is 2.27. The zero-order chi connectivity index (χ0) is 19.4. The van der Waals surface area contributed by atoms with Crippen molar-refractivity contribution in [1.29, 1.82) is 0 Å². The summed E-state index contributed by atoms with van der Waals surface area (Å²) in [5, 5.41) is 3.51. The van der Waals surface area contributed by atoms with E-state index in [0.29, 0.717) is 40.4 Å². The van der Waals surface area contributed by atoms with Gasteiger partial charge in [-0.1, -0.05) is 12.1 Å². The summed E-state index contributed by atoms with van der Waals surface area (Å²) in [5.41, 5.74) is 1.39. The smallest absolute Gasteiger partial charge is 0.398 e. The number of halogens is 3. The molecule has 1 heterocycles. The monoisotopic (exact) mass is 394 g/mol. The normalized spacial score (nSPS) is 11.6. The van der Waals surface area contributed by atoms with E-state index >= 15 is 0 Å². The van der Waals surface area contributed by atoms with Gasteiger partial charge in [0, 0.05) is 21.9 Å². The molecule has 0 aliphatic rings. The molecule has 1 amide bonds. The molecule has 3 rings (SSSR count). The molecule has 1 aromatic heterocycles. The molecule has 8 heteroatoms. The van der Waals surface area contributed by atoms with Gasteiger partial charge in [0.05, 0.1) is 18.0 Å². The van der Waals surface area contributed by atoms with E-state index in [1.54, 1.807) is 36.4 Å². The highest BCUT2D eigenvalue weighted by molar-refractivity contribution is 7.99. The van der Waals surface area contributed by atoms with Crippen LogP contribution in [0.3, 0.4) is 0 Å². The molecule has 0 aliphatic carbocycles. The van der Waals surface area contributed by atoms with E-state index in [0.717, 1.165) is 10.9 Å². The number of anilines is 1. The van der Waals surface area contributed by atoms with E-state index in [1.165, 1.54) is 0 Å². The number of hydrogen-bond donors (Lipinski definition) is 2. The Morgan fingerprint density at radius 2 is 1.96 bits per heavy atom. The molecule has 0 aliphatic heterocycles. The molecule has 27 heavy (non-hydrogen) atoms. The van der Waals surface area contributed by atoms with Crippen LogP contribution in [-0.4, -0.2) is 29.4 Å². The number of carbonyl (C=O) groups excluding carboxylic acids is 1. The first-order chi connectivity index (χ1) is 12.9. The summed E-state index contributed by atoms with van der Waals surface area (Å²) in [5.74, 6) is -0.760. The highest BCUT2D eigenvalue weighted by Crippen LogP contribution is 2.32. The highest BCUT2D eigenvalue weighted by atomic mass is 32.2. The predicted molar refractivity (Wildman–Crippen MR) is 101 cm³/mol. The second-order valence-electron chi connectivity index (χ2n) is 5.72. The number of rotatable bonds is 6. The molecule has 142 valence electrons. The van der Waals surface area contributed by atoms with Crippen LogP contribution in [0, 0.1) is 0 Å². The maximum atomic E-state index is 12.5. The summed E-state index contributed by atoms with van der Waals surface area (Å²) in [6.45, 7) is 2.41. The zero-order valence-electron chi connectivity index (χ0n) is 14.4. The molecular weight excluding hydrogens is 377 g/mol. The Labute approximate surface area is 158 Å². The number of para-hydroxylation sites is 1. The number of fused-ring (bicyclic) bond motifs is 1. The van der Waals surface area contributed by atoms with Crippen LogP contribution in [-0.2, 0) is 0 Å². The fourth-order valence-corrected chi connectivity index (χ4v) is 3.30. The van der Waals surface area contributed by atoms with Crippen LogP contribution >= 0.6 is 11.8 Å². The van der Waals surface area contributed by atoms with E-state index in [-0.39, 0.29) is 0 Å². The van der Waals surface area contributed by atoms with Crippen molar-refractivity contribution in [3.8, 4) is 5.75 Å². The van der Waals surface area contributed by atoms with Crippen LogP contribution in [0.1, 0.15) is 17.4 Å². The van der Waals surface area contributed by atoms with Gasteiger partial charge in [0.2, 0.25) is 0 Å². The van der Waals surface area contributed by atoms with Gasteiger partial charge in [-0.05, 0) is 37.3 Å². The number of aromatic amines is 1. The third kappa shape index (κ3) is 4.97. The summed E-state index contributed by atoms with van der Waals surface area (Å²) in [7, 11) is 0. The van der Waals surface area contributed by atoms with Gasteiger partial charge in [-0.2, -0.15) is 13.2 Å². The minimum absolute atomic E-state index is 0.314. The van der Waals surface area contributed by atoms with Gasteiger partial charge in [0.25, 0.3) is 5.91 Å². The van der Waals surface area contributed by atoms with Gasteiger partial charge in [0.1, 0.15) is 11.4 Å². The standard InChI is InChI=1S/C19H17F3N2O2S/c1-2-26-13-8-7-12-9-16(23-15(12)10-13)18(25)24-14-5-3-4-6-17(14)27-11-19(20,21)22/h3-10,23H,2,11H2,1H3,(H,24,25). The van der Waals surface area contributed by atoms with E-state index in [4.69, 9.17) is 4.74 Å². The van der Waals surface area contributed by atoms with Crippen molar-refractivity contribution < 1.29 is 22.7 Å². The Hall–Kier alpha value is -2.61. The van der Waals surface area contributed by atoms with Crippen LogP contribution < -0.4 is 10.1 Å². The Morgan fingerprint density at radius 1 is 1.19 bits per heavy atom. The molecule has 2 aromatic carbocycles. The third-order valence-electron chi connectivity index (χ3n) is 3.68. The molecule has 3 aromatic rings. The minimum Gasteiger partial charge on any atom is -0.494 e. The molecule has 2 N–H and O–H groups in total. The molecule has 0 unspecified atom stereocenters. The number of H-pyrrole nitrogens is 1. The quantitative estimate of drug-likeness (QED) is 0.545. The number of alkyl halides is 3. The largest absolute Gasteiger partial charge is 0.494 e. The molecule has 0 bridgehead atoms. The first kappa shape index (κ1) is 19.2. The number of benzene rings is 2. The molecule has 0 saturated carbocycles. The molecular formula is C19H17F3N2O2S. The van der Waals surface area contributed by atoms with Gasteiger partial charge in [-0.25, -0.2) is 0 Å². The average Bonchev–Trinajstić information content (AvgIpc) is 3.04. The number of amides is 1. The number of hydrogen-bond acceptors (Lipinski definition) is 3. The van der Waals surface area contributed by atoms with Crippen molar-refractivity contribution in [1.82, 2.24) is 4.98 Å². The van der Waals surface area contributed by atoms with Gasteiger partial charge < -0.3 is 15.0 Å². The van der Waals surface area contributed by atoms with Crippen LogP contribution in [0.15, 0.2) is 53.4 Å².